The number of aryl methyl sites for hydroxylation is 1. The molecular formula is C32H33FN4O3. The molecule has 7 nitrogen and oxygen atoms in total. The van der Waals surface area contributed by atoms with E-state index in [-0.39, 0.29) is 17.6 Å². The molecule has 2 amide bonds. The second-order valence-corrected chi connectivity index (χ2v) is 10.5. The minimum Gasteiger partial charge on any atom is -0.383 e. The molecule has 3 aromatic carbocycles. The Kier molecular flexibility index (Phi) is 7.02. The van der Waals surface area contributed by atoms with Crippen LogP contribution in [0.3, 0.4) is 0 Å². The van der Waals surface area contributed by atoms with E-state index in [4.69, 9.17) is 4.74 Å². The Morgan fingerprint density at radius 2 is 1.62 bits per heavy atom. The highest BCUT2D eigenvalue weighted by molar-refractivity contribution is 6.02. The predicted octanol–water partition coefficient (Wildman–Crippen LogP) is 4.59. The van der Waals surface area contributed by atoms with Gasteiger partial charge in [0.2, 0.25) is 5.91 Å². The number of piperazine rings is 1. The molecule has 2 aliphatic heterocycles. The van der Waals surface area contributed by atoms with E-state index in [2.05, 4.69) is 16.7 Å². The number of ether oxygens (including phenoxy) is 1. The fourth-order valence-electron chi connectivity index (χ4n) is 6.32. The fourth-order valence-corrected chi connectivity index (χ4v) is 6.32. The third kappa shape index (κ3) is 4.42. The molecule has 2 atom stereocenters. The van der Waals surface area contributed by atoms with E-state index in [0.717, 1.165) is 22.0 Å². The largest absolute Gasteiger partial charge is 0.383 e. The van der Waals surface area contributed by atoms with Crippen LogP contribution in [0.2, 0.25) is 0 Å². The van der Waals surface area contributed by atoms with Crippen molar-refractivity contribution in [1.29, 1.82) is 0 Å². The van der Waals surface area contributed by atoms with Gasteiger partial charge in [0.25, 0.3) is 5.91 Å². The van der Waals surface area contributed by atoms with Gasteiger partial charge < -0.3 is 24.0 Å². The van der Waals surface area contributed by atoms with E-state index < -0.39 is 12.0 Å². The molecule has 8 heteroatoms. The van der Waals surface area contributed by atoms with Gasteiger partial charge in [-0.25, -0.2) is 4.39 Å². The van der Waals surface area contributed by atoms with Gasteiger partial charge in [-0.2, -0.15) is 0 Å². The number of benzene rings is 3. The van der Waals surface area contributed by atoms with Gasteiger partial charge >= 0.3 is 0 Å². The molecule has 0 bridgehead atoms. The third-order valence-corrected chi connectivity index (χ3v) is 8.27. The van der Waals surface area contributed by atoms with Gasteiger partial charge in [0, 0.05) is 75.1 Å². The molecule has 1 fully saturated rings. The van der Waals surface area contributed by atoms with Crippen LogP contribution in [-0.2, 0) is 16.6 Å². The highest BCUT2D eigenvalue weighted by Crippen LogP contribution is 2.46. The summed E-state index contributed by atoms with van der Waals surface area (Å²) in [5, 5.41) is 1.02. The van der Waals surface area contributed by atoms with E-state index in [1.807, 2.05) is 70.4 Å². The number of para-hydroxylation sites is 2. The van der Waals surface area contributed by atoms with Crippen molar-refractivity contribution in [1.82, 2.24) is 14.4 Å². The number of hydrogen-bond acceptors (Lipinski definition) is 4. The van der Waals surface area contributed by atoms with Gasteiger partial charge in [0.15, 0.2) is 0 Å². The van der Waals surface area contributed by atoms with Crippen LogP contribution in [0.5, 0.6) is 0 Å². The molecular weight excluding hydrogens is 507 g/mol. The summed E-state index contributed by atoms with van der Waals surface area (Å²) in [5.41, 5.74) is 3.85. The zero-order chi connectivity index (χ0) is 27.8. The van der Waals surface area contributed by atoms with Gasteiger partial charge in [0.05, 0.1) is 24.3 Å². The van der Waals surface area contributed by atoms with Crippen molar-refractivity contribution in [3.8, 4) is 0 Å². The Morgan fingerprint density at radius 1 is 0.925 bits per heavy atom. The Hall–Kier alpha value is -4.17. The Labute approximate surface area is 233 Å². The zero-order valence-electron chi connectivity index (χ0n) is 22.8. The fraction of sp³-hybridized carbons (Fsp3) is 0.312. The molecule has 40 heavy (non-hydrogen) atoms. The molecule has 0 N–H and O–H groups in total. The monoisotopic (exact) mass is 540 g/mol. The van der Waals surface area contributed by atoms with Gasteiger partial charge in [-0.05, 0) is 29.8 Å². The van der Waals surface area contributed by atoms with E-state index >= 15 is 0 Å². The average molecular weight is 541 g/mol. The lowest BCUT2D eigenvalue weighted by Crippen LogP contribution is -2.54. The molecule has 1 saturated heterocycles. The summed E-state index contributed by atoms with van der Waals surface area (Å²) in [6.07, 6.45) is 2.05. The predicted molar refractivity (Wildman–Crippen MR) is 153 cm³/mol. The number of rotatable bonds is 6. The van der Waals surface area contributed by atoms with E-state index in [9.17, 15) is 14.0 Å². The first-order chi connectivity index (χ1) is 19.5. The highest BCUT2D eigenvalue weighted by Gasteiger charge is 2.46. The summed E-state index contributed by atoms with van der Waals surface area (Å²) in [5.74, 6) is -0.962. The lowest BCUT2D eigenvalue weighted by atomic mass is 9.78. The van der Waals surface area contributed by atoms with Crippen LogP contribution in [0.1, 0.15) is 33.4 Å². The number of hydrogen-bond donors (Lipinski definition) is 0. The number of carbonyl (C=O) groups excluding carboxylic acids is 2. The van der Waals surface area contributed by atoms with Crippen molar-refractivity contribution in [3.05, 3.63) is 102 Å². The van der Waals surface area contributed by atoms with E-state index in [0.29, 0.717) is 50.6 Å². The quantitative estimate of drug-likeness (QED) is 0.359. The SMILES string of the molecule is COCCN1C(=O)c2ccccc2C(C(=O)N2CCN(c3ccccc3F)CC2)C1c1cn(C)c2ccccc12. The second-order valence-electron chi connectivity index (χ2n) is 10.5. The third-order valence-electron chi connectivity index (χ3n) is 8.27. The summed E-state index contributed by atoms with van der Waals surface area (Å²) in [6, 6.07) is 21.8. The van der Waals surface area contributed by atoms with E-state index in [1.165, 1.54) is 6.07 Å². The standard InChI is InChI=1S/C32H33FN4O3/c1-34-21-25(22-9-5-7-13-27(22)34)30-29(23-10-3-4-11-24(23)31(38)37(30)19-20-40-2)32(39)36-17-15-35(16-18-36)28-14-8-6-12-26(28)33/h3-14,21,29-30H,15-20H2,1-2H3. The summed E-state index contributed by atoms with van der Waals surface area (Å²) < 4.78 is 21.9. The maximum atomic E-state index is 14.5. The maximum absolute atomic E-state index is 14.5. The van der Waals surface area contributed by atoms with Crippen LogP contribution in [0.4, 0.5) is 10.1 Å². The summed E-state index contributed by atoms with van der Waals surface area (Å²) in [4.78, 5) is 34.1. The number of methoxy groups -OCH3 is 1. The normalized spacial score (nSPS) is 19.3. The summed E-state index contributed by atoms with van der Waals surface area (Å²) in [7, 11) is 3.61. The number of anilines is 1. The van der Waals surface area contributed by atoms with Gasteiger partial charge in [-0.1, -0.05) is 48.5 Å². The lowest BCUT2D eigenvalue weighted by molar-refractivity contribution is -0.135. The minimum absolute atomic E-state index is 0.0199. The molecule has 0 saturated carbocycles. The van der Waals surface area contributed by atoms with Gasteiger partial charge in [-0.3, -0.25) is 9.59 Å². The van der Waals surface area contributed by atoms with Crippen molar-refractivity contribution >= 4 is 28.4 Å². The number of nitrogens with zero attached hydrogens (tertiary/aromatic N) is 4. The van der Waals surface area contributed by atoms with Gasteiger partial charge in [0.1, 0.15) is 5.82 Å². The Bertz CT molecular complexity index is 1560. The van der Waals surface area contributed by atoms with Crippen molar-refractivity contribution in [3.63, 3.8) is 0 Å². The van der Waals surface area contributed by atoms with Crippen LogP contribution in [0.15, 0.2) is 79.0 Å². The van der Waals surface area contributed by atoms with Crippen molar-refractivity contribution < 1.29 is 18.7 Å². The first-order valence-corrected chi connectivity index (χ1v) is 13.7. The molecule has 0 aliphatic carbocycles. The number of aromatic nitrogens is 1. The Morgan fingerprint density at radius 3 is 2.40 bits per heavy atom. The van der Waals surface area contributed by atoms with Crippen molar-refractivity contribution in [2.45, 2.75) is 12.0 Å². The molecule has 2 unspecified atom stereocenters. The lowest BCUT2D eigenvalue weighted by Gasteiger charge is -2.44. The molecule has 1 aromatic heterocycles. The van der Waals surface area contributed by atoms with E-state index in [1.54, 1.807) is 19.2 Å². The minimum atomic E-state index is -0.587. The van der Waals surface area contributed by atoms with Crippen molar-refractivity contribution in [2.75, 3.05) is 51.3 Å². The topological polar surface area (TPSA) is 58.0 Å². The molecule has 2 aliphatic rings. The molecule has 4 aromatic rings. The second kappa shape index (κ2) is 10.8. The van der Waals surface area contributed by atoms with Crippen LogP contribution < -0.4 is 4.90 Å². The molecule has 6 rings (SSSR count). The number of amides is 2. The molecule has 0 radical (unpaired) electrons. The van der Waals surface area contributed by atoms with Gasteiger partial charge in [-0.15, -0.1) is 0 Å². The number of fused-ring (bicyclic) bond motifs is 2. The van der Waals surface area contributed by atoms with Crippen LogP contribution >= 0.6 is 0 Å². The van der Waals surface area contributed by atoms with Crippen LogP contribution in [0, 0.1) is 5.82 Å². The number of carbonyl (C=O) groups is 2. The number of halogens is 1. The molecule has 0 spiro atoms. The first-order valence-electron chi connectivity index (χ1n) is 13.7. The van der Waals surface area contributed by atoms with Crippen molar-refractivity contribution in [2.24, 2.45) is 7.05 Å². The average Bonchev–Trinajstić information content (AvgIpc) is 3.32. The summed E-state index contributed by atoms with van der Waals surface area (Å²) in [6.45, 7) is 2.73. The zero-order valence-corrected chi connectivity index (χ0v) is 22.8. The highest BCUT2D eigenvalue weighted by atomic mass is 19.1. The maximum Gasteiger partial charge on any atom is 0.254 e. The Balaban J connectivity index is 1.41. The molecule has 3 heterocycles. The molecule has 206 valence electrons. The first kappa shape index (κ1) is 26.1. The van der Waals surface area contributed by atoms with Crippen LogP contribution in [0.25, 0.3) is 10.9 Å². The summed E-state index contributed by atoms with van der Waals surface area (Å²) >= 11 is 0. The smallest absolute Gasteiger partial charge is 0.254 e. The van der Waals surface area contributed by atoms with Crippen LogP contribution in [-0.4, -0.2) is 72.6 Å².